The fourth-order valence-corrected chi connectivity index (χ4v) is 3.07. The van der Waals surface area contributed by atoms with Gasteiger partial charge in [0.05, 0.1) is 16.2 Å². The van der Waals surface area contributed by atoms with Gasteiger partial charge < -0.3 is 5.32 Å². The molecule has 20 heavy (non-hydrogen) atoms. The van der Waals surface area contributed by atoms with Gasteiger partial charge in [0.15, 0.2) is 0 Å². The summed E-state index contributed by atoms with van der Waals surface area (Å²) >= 11 is 8.93. The summed E-state index contributed by atoms with van der Waals surface area (Å²) in [6.07, 6.45) is 1.72. The van der Waals surface area contributed by atoms with E-state index in [2.05, 4.69) is 21.2 Å². The third-order valence-corrected chi connectivity index (χ3v) is 4.37. The highest BCUT2D eigenvalue weighted by Gasteiger charge is 2.23. The lowest BCUT2D eigenvalue weighted by atomic mass is 10.1. The quantitative estimate of drug-likeness (QED) is 0.701. The second-order valence-corrected chi connectivity index (χ2v) is 6.12. The van der Waals surface area contributed by atoms with E-state index in [0.717, 1.165) is 30.0 Å². The Labute approximate surface area is 129 Å². The van der Waals surface area contributed by atoms with Crippen molar-refractivity contribution in [2.45, 2.75) is 18.9 Å². The first-order chi connectivity index (χ1) is 9.54. The molecule has 1 N–H and O–H groups in total. The number of fused-ring (bicyclic) bond motifs is 1. The van der Waals surface area contributed by atoms with E-state index < -0.39 is 11.6 Å². The summed E-state index contributed by atoms with van der Waals surface area (Å²) in [4.78, 5) is 0. The van der Waals surface area contributed by atoms with Crippen molar-refractivity contribution in [1.29, 1.82) is 0 Å². The van der Waals surface area contributed by atoms with Crippen LogP contribution in [0.15, 0.2) is 34.8 Å². The average Bonchev–Trinajstić information content (AvgIpc) is 2.78. The van der Waals surface area contributed by atoms with Crippen molar-refractivity contribution in [3.8, 4) is 0 Å². The molecule has 0 fully saturated rings. The molecule has 104 valence electrons. The summed E-state index contributed by atoms with van der Waals surface area (Å²) in [6.45, 7) is 0. The molecule has 0 aromatic heterocycles. The number of nitrogens with one attached hydrogen (secondary N) is 1. The van der Waals surface area contributed by atoms with Crippen LogP contribution in [0, 0.1) is 11.6 Å². The molecule has 2 aromatic carbocycles. The van der Waals surface area contributed by atoms with Crippen molar-refractivity contribution in [3.05, 3.63) is 62.6 Å². The average molecular weight is 359 g/mol. The Bertz CT molecular complexity index is 675. The van der Waals surface area contributed by atoms with Gasteiger partial charge in [-0.05, 0) is 58.1 Å². The topological polar surface area (TPSA) is 12.0 Å². The van der Waals surface area contributed by atoms with Gasteiger partial charge in [0, 0.05) is 11.1 Å². The standard InChI is InChI=1S/C15H11BrClF2N/c16-11-6-13(19)15(7-12(11)18)20-14-4-1-8-5-9(17)2-3-10(8)14/h2-3,5-7,14,20H,1,4H2. The van der Waals surface area contributed by atoms with Crippen LogP contribution in [0.4, 0.5) is 14.5 Å². The van der Waals surface area contributed by atoms with Crippen molar-refractivity contribution < 1.29 is 8.78 Å². The van der Waals surface area contributed by atoms with E-state index in [1.54, 1.807) is 0 Å². The summed E-state index contributed by atoms with van der Waals surface area (Å²) in [5.74, 6) is -0.955. The largest absolute Gasteiger partial charge is 0.376 e. The molecule has 0 amide bonds. The highest BCUT2D eigenvalue weighted by atomic mass is 79.9. The molecule has 0 heterocycles. The Morgan fingerprint density at radius 3 is 2.75 bits per heavy atom. The summed E-state index contributed by atoms with van der Waals surface area (Å²) in [5.41, 5.74) is 2.43. The third-order valence-electron chi connectivity index (χ3n) is 3.52. The monoisotopic (exact) mass is 357 g/mol. The number of benzene rings is 2. The maximum atomic E-state index is 13.8. The molecular formula is C15H11BrClF2N. The molecule has 1 nitrogen and oxygen atoms in total. The van der Waals surface area contributed by atoms with Crippen LogP contribution in [0.3, 0.4) is 0 Å². The van der Waals surface area contributed by atoms with Gasteiger partial charge in [-0.3, -0.25) is 0 Å². The van der Waals surface area contributed by atoms with Gasteiger partial charge in [-0.25, -0.2) is 8.78 Å². The van der Waals surface area contributed by atoms with E-state index in [4.69, 9.17) is 11.6 Å². The first-order valence-corrected chi connectivity index (χ1v) is 7.41. The van der Waals surface area contributed by atoms with Gasteiger partial charge in [0.25, 0.3) is 0 Å². The number of hydrogen-bond donors (Lipinski definition) is 1. The van der Waals surface area contributed by atoms with E-state index in [-0.39, 0.29) is 16.2 Å². The van der Waals surface area contributed by atoms with E-state index >= 15 is 0 Å². The van der Waals surface area contributed by atoms with Crippen molar-refractivity contribution in [2.75, 3.05) is 5.32 Å². The molecule has 1 aliphatic rings. The minimum Gasteiger partial charge on any atom is -0.376 e. The Morgan fingerprint density at radius 2 is 1.95 bits per heavy atom. The molecule has 5 heteroatoms. The SMILES string of the molecule is Fc1cc(NC2CCc3cc(Cl)ccc32)c(F)cc1Br. The second kappa shape index (κ2) is 5.34. The smallest absolute Gasteiger partial charge is 0.147 e. The molecule has 0 radical (unpaired) electrons. The van der Waals surface area contributed by atoms with E-state index in [1.165, 1.54) is 6.07 Å². The molecule has 3 rings (SSSR count). The van der Waals surface area contributed by atoms with Crippen LogP contribution in [-0.4, -0.2) is 0 Å². The fourth-order valence-electron chi connectivity index (χ4n) is 2.56. The lowest BCUT2D eigenvalue weighted by molar-refractivity contribution is 0.593. The molecule has 0 bridgehead atoms. The lowest BCUT2D eigenvalue weighted by Crippen LogP contribution is -2.09. The molecular weight excluding hydrogens is 348 g/mol. The Kier molecular flexibility index (Phi) is 3.69. The van der Waals surface area contributed by atoms with Gasteiger partial charge in [0.2, 0.25) is 0 Å². The zero-order valence-electron chi connectivity index (χ0n) is 10.4. The minimum absolute atomic E-state index is 0.0163. The van der Waals surface area contributed by atoms with Crippen LogP contribution in [0.5, 0.6) is 0 Å². The molecule has 0 aliphatic heterocycles. The summed E-state index contributed by atoms with van der Waals surface area (Å²) in [7, 11) is 0. The number of aryl methyl sites for hydroxylation is 1. The van der Waals surface area contributed by atoms with Crippen molar-refractivity contribution >= 4 is 33.2 Å². The first-order valence-electron chi connectivity index (χ1n) is 6.24. The molecule has 1 aliphatic carbocycles. The third kappa shape index (κ3) is 2.54. The first kappa shape index (κ1) is 13.8. The van der Waals surface area contributed by atoms with E-state index in [1.807, 2.05) is 18.2 Å². The molecule has 0 spiro atoms. The second-order valence-electron chi connectivity index (χ2n) is 4.82. The number of halogens is 4. The van der Waals surface area contributed by atoms with Gasteiger partial charge in [-0.15, -0.1) is 0 Å². The Hall–Kier alpha value is -1.13. The molecule has 1 atom stereocenters. The van der Waals surface area contributed by atoms with Crippen LogP contribution < -0.4 is 5.32 Å². The van der Waals surface area contributed by atoms with Gasteiger partial charge in [0.1, 0.15) is 11.6 Å². The Balaban J connectivity index is 1.89. The van der Waals surface area contributed by atoms with Crippen molar-refractivity contribution in [1.82, 2.24) is 0 Å². The summed E-state index contributed by atoms with van der Waals surface area (Å²) in [5, 5.41) is 3.77. The molecule has 2 aromatic rings. The number of anilines is 1. The highest BCUT2D eigenvalue weighted by Crippen LogP contribution is 2.36. The minimum atomic E-state index is -0.483. The normalized spacial score (nSPS) is 17.1. The van der Waals surface area contributed by atoms with Crippen LogP contribution in [0.25, 0.3) is 0 Å². The van der Waals surface area contributed by atoms with Gasteiger partial charge in [-0.1, -0.05) is 17.7 Å². The fraction of sp³-hybridized carbons (Fsp3) is 0.200. The van der Waals surface area contributed by atoms with E-state index in [9.17, 15) is 8.78 Å². The van der Waals surface area contributed by atoms with Crippen molar-refractivity contribution in [2.24, 2.45) is 0 Å². The predicted molar refractivity (Wildman–Crippen MR) is 80.2 cm³/mol. The van der Waals surface area contributed by atoms with Gasteiger partial charge >= 0.3 is 0 Å². The number of rotatable bonds is 2. The predicted octanol–water partition coefficient (Wildman–Crippen LogP) is 5.48. The summed E-state index contributed by atoms with van der Waals surface area (Å²) < 4.78 is 27.5. The van der Waals surface area contributed by atoms with Crippen LogP contribution in [0.2, 0.25) is 5.02 Å². The van der Waals surface area contributed by atoms with Crippen molar-refractivity contribution in [3.63, 3.8) is 0 Å². The zero-order chi connectivity index (χ0) is 14.3. The highest BCUT2D eigenvalue weighted by molar-refractivity contribution is 9.10. The van der Waals surface area contributed by atoms with Gasteiger partial charge in [-0.2, -0.15) is 0 Å². The van der Waals surface area contributed by atoms with Crippen LogP contribution in [0.1, 0.15) is 23.6 Å². The van der Waals surface area contributed by atoms with Crippen LogP contribution >= 0.6 is 27.5 Å². The molecule has 0 saturated carbocycles. The molecule has 0 saturated heterocycles. The Morgan fingerprint density at radius 1 is 1.15 bits per heavy atom. The zero-order valence-corrected chi connectivity index (χ0v) is 12.7. The molecule has 1 unspecified atom stereocenters. The summed E-state index contributed by atoms with van der Waals surface area (Å²) in [6, 6.07) is 7.98. The maximum Gasteiger partial charge on any atom is 0.147 e. The van der Waals surface area contributed by atoms with Crippen LogP contribution in [-0.2, 0) is 6.42 Å². The number of hydrogen-bond acceptors (Lipinski definition) is 1. The lowest BCUT2D eigenvalue weighted by Gasteiger charge is -2.16. The maximum absolute atomic E-state index is 13.8. The van der Waals surface area contributed by atoms with E-state index in [0.29, 0.717) is 5.02 Å².